The minimum Gasteiger partial charge on any atom is -0.493 e. The van der Waals surface area contributed by atoms with E-state index in [-0.39, 0.29) is 5.91 Å². The number of nitrogens with zero attached hydrogens (tertiary/aromatic N) is 3. The van der Waals surface area contributed by atoms with E-state index < -0.39 is 0 Å². The van der Waals surface area contributed by atoms with E-state index in [0.29, 0.717) is 46.2 Å². The Kier molecular flexibility index (Phi) is 10.1. The van der Waals surface area contributed by atoms with Crippen LogP contribution in [0.5, 0.6) is 17.2 Å². The van der Waals surface area contributed by atoms with Crippen molar-refractivity contribution in [3.05, 3.63) is 94.5 Å². The smallest absolute Gasteiger partial charge is 0.266 e. The Morgan fingerprint density at radius 2 is 1.73 bits per heavy atom. The van der Waals surface area contributed by atoms with Gasteiger partial charge in [0.15, 0.2) is 11.5 Å². The molecule has 0 unspecified atom stereocenters. The van der Waals surface area contributed by atoms with Crippen molar-refractivity contribution in [2.75, 3.05) is 27.4 Å². The summed E-state index contributed by atoms with van der Waals surface area (Å²) in [7, 11) is 3.22. The van der Waals surface area contributed by atoms with Gasteiger partial charge in [-0.1, -0.05) is 62.1 Å². The van der Waals surface area contributed by atoms with E-state index in [9.17, 15) is 4.79 Å². The quantitative estimate of drug-likeness (QED) is 0.118. The van der Waals surface area contributed by atoms with E-state index in [0.717, 1.165) is 45.8 Å². The number of hydrogen-bond donors (Lipinski definition) is 0. The fraction of sp³-hybridized carbons (Fsp3) is 0.286. The van der Waals surface area contributed by atoms with E-state index in [1.807, 2.05) is 84.5 Å². The van der Waals surface area contributed by atoms with Gasteiger partial charge in [-0.05, 0) is 85.4 Å². The van der Waals surface area contributed by atoms with Gasteiger partial charge in [0, 0.05) is 23.9 Å². The molecular weight excluding hydrogens is 591 g/mol. The van der Waals surface area contributed by atoms with Gasteiger partial charge in [-0.25, -0.2) is 4.68 Å². The molecule has 0 N–H and O–H groups in total. The molecule has 1 amide bonds. The Morgan fingerprint density at radius 1 is 0.977 bits per heavy atom. The van der Waals surface area contributed by atoms with Crippen LogP contribution in [-0.2, 0) is 11.2 Å². The molecular formula is C35H37N3O4S2. The maximum Gasteiger partial charge on any atom is 0.266 e. The van der Waals surface area contributed by atoms with Crippen molar-refractivity contribution in [1.82, 2.24) is 14.7 Å². The van der Waals surface area contributed by atoms with Gasteiger partial charge in [-0.2, -0.15) is 5.10 Å². The maximum atomic E-state index is 13.6. The van der Waals surface area contributed by atoms with E-state index in [1.54, 1.807) is 19.1 Å². The molecule has 1 aromatic heterocycles. The van der Waals surface area contributed by atoms with Gasteiger partial charge < -0.3 is 14.2 Å². The average molecular weight is 628 g/mol. The second-order valence-corrected chi connectivity index (χ2v) is 12.7. The normalized spacial score (nSPS) is 14.1. The highest BCUT2D eigenvalue weighted by Crippen LogP contribution is 2.36. The zero-order valence-corrected chi connectivity index (χ0v) is 27.3. The van der Waals surface area contributed by atoms with Crippen molar-refractivity contribution < 1.29 is 19.0 Å². The van der Waals surface area contributed by atoms with Crippen LogP contribution in [0.4, 0.5) is 0 Å². The Labute approximate surface area is 268 Å². The number of aryl methyl sites for hydroxylation is 1. The van der Waals surface area contributed by atoms with Crippen molar-refractivity contribution in [2.45, 2.75) is 33.6 Å². The molecule has 1 aliphatic rings. The summed E-state index contributed by atoms with van der Waals surface area (Å²) in [5.41, 5.74) is 5.56. The number of aromatic nitrogens is 2. The minimum atomic E-state index is -0.107. The second-order valence-electron chi connectivity index (χ2n) is 11.0. The van der Waals surface area contributed by atoms with Gasteiger partial charge in [-0.3, -0.25) is 9.69 Å². The zero-order chi connectivity index (χ0) is 31.2. The third kappa shape index (κ3) is 7.17. The van der Waals surface area contributed by atoms with Gasteiger partial charge >= 0.3 is 0 Å². The number of carbonyl (C=O) groups excluding carboxylic acids is 1. The lowest BCUT2D eigenvalue weighted by Gasteiger charge is -2.15. The van der Waals surface area contributed by atoms with Crippen LogP contribution in [0.15, 0.2) is 77.8 Å². The van der Waals surface area contributed by atoms with Gasteiger partial charge in [-0.15, -0.1) is 0 Å². The Hall–Kier alpha value is -4.08. The van der Waals surface area contributed by atoms with Gasteiger partial charge in [0.2, 0.25) is 0 Å². The van der Waals surface area contributed by atoms with Crippen LogP contribution in [-0.4, -0.2) is 52.3 Å². The number of benzene rings is 3. The lowest BCUT2D eigenvalue weighted by atomic mass is 10.0. The van der Waals surface area contributed by atoms with Crippen molar-refractivity contribution in [2.24, 2.45) is 5.92 Å². The molecule has 1 saturated heterocycles. The number of rotatable bonds is 12. The molecule has 0 radical (unpaired) electrons. The number of amides is 1. The van der Waals surface area contributed by atoms with Crippen LogP contribution < -0.4 is 14.2 Å². The highest BCUT2D eigenvalue weighted by Gasteiger charge is 2.32. The molecule has 1 aliphatic heterocycles. The average Bonchev–Trinajstić information content (AvgIpc) is 3.56. The summed E-state index contributed by atoms with van der Waals surface area (Å²) in [6, 6.07) is 21.8. The first-order valence-corrected chi connectivity index (χ1v) is 15.8. The predicted octanol–water partition coefficient (Wildman–Crippen LogP) is 7.73. The third-order valence-electron chi connectivity index (χ3n) is 7.40. The first kappa shape index (κ1) is 31.3. The number of hydrogen-bond acceptors (Lipinski definition) is 7. The fourth-order valence-electron chi connectivity index (χ4n) is 4.90. The van der Waals surface area contributed by atoms with Gasteiger partial charge in [0.05, 0.1) is 31.4 Å². The predicted molar refractivity (Wildman–Crippen MR) is 182 cm³/mol. The largest absolute Gasteiger partial charge is 0.493 e. The van der Waals surface area contributed by atoms with Crippen LogP contribution in [0.3, 0.4) is 0 Å². The van der Waals surface area contributed by atoms with Crippen molar-refractivity contribution in [3.8, 4) is 34.2 Å². The Morgan fingerprint density at radius 3 is 2.43 bits per heavy atom. The molecule has 0 atom stereocenters. The monoisotopic (exact) mass is 627 g/mol. The number of methoxy groups -OCH3 is 2. The Balaban J connectivity index is 1.41. The van der Waals surface area contributed by atoms with E-state index in [1.165, 1.54) is 11.8 Å². The molecule has 0 aliphatic carbocycles. The van der Waals surface area contributed by atoms with Crippen molar-refractivity contribution in [3.63, 3.8) is 0 Å². The third-order valence-corrected chi connectivity index (χ3v) is 8.77. The first-order valence-electron chi connectivity index (χ1n) is 14.6. The molecule has 1 fully saturated rings. The fourth-order valence-corrected chi connectivity index (χ4v) is 6.20. The maximum absolute atomic E-state index is 13.6. The van der Waals surface area contributed by atoms with Crippen LogP contribution in [0.25, 0.3) is 23.0 Å². The molecule has 7 nitrogen and oxygen atoms in total. The van der Waals surface area contributed by atoms with Crippen molar-refractivity contribution >= 4 is 40.3 Å². The van der Waals surface area contributed by atoms with E-state index >= 15 is 0 Å². The summed E-state index contributed by atoms with van der Waals surface area (Å²) in [4.78, 5) is 15.8. The minimum absolute atomic E-state index is 0.107. The second kappa shape index (κ2) is 14.1. The summed E-state index contributed by atoms with van der Waals surface area (Å²) >= 11 is 6.97. The molecule has 0 bridgehead atoms. The van der Waals surface area contributed by atoms with Crippen LogP contribution in [0.2, 0.25) is 0 Å². The summed E-state index contributed by atoms with van der Waals surface area (Å²) in [5.74, 6) is 2.67. The van der Waals surface area contributed by atoms with Crippen LogP contribution in [0.1, 0.15) is 37.0 Å². The van der Waals surface area contributed by atoms with Gasteiger partial charge in [0.25, 0.3) is 5.91 Å². The number of carbonyl (C=O) groups is 1. The molecule has 4 aromatic rings. The molecule has 9 heteroatoms. The van der Waals surface area contributed by atoms with E-state index in [2.05, 4.69) is 19.9 Å². The highest BCUT2D eigenvalue weighted by molar-refractivity contribution is 8.26. The zero-order valence-electron chi connectivity index (χ0n) is 25.7. The molecule has 2 heterocycles. The Bertz CT molecular complexity index is 1680. The molecule has 0 saturated carbocycles. The number of para-hydroxylation sites is 1. The SMILES string of the molecule is COc1ccc(CCN2C(=O)/C(=C/c3cn(-c4ccccc4)nc3-c3ccc(OCCC(C)C)c(C)c3)SC2=S)cc1OC. The molecule has 228 valence electrons. The molecule has 3 aromatic carbocycles. The van der Waals surface area contributed by atoms with Crippen LogP contribution in [0, 0.1) is 12.8 Å². The van der Waals surface area contributed by atoms with Crippen LogP contribution >= 0.6 is 24.0 Å². The van der Waals surface area contributed by atoms with Crippen molar-refractivity contribution in [1.29, 1.82) is 0 Å². The summed E-state index contributed by atoms with van der Waals surface area (Å²) < 4.78 is 19.2. The lowest BCUT2D eigenvalue weighted by molar-refractivity contribution is -0.122. The number of thioether (sulfide) groups is 1. The van der Waals surface area contributed by atoms with Gasteiger partial charge in [0.1, 0.15) is 15.8 Å². The molecule has 0 spiro atoms. The summed E-state index contributed by atoms with van der Waals surface area (Å²) in [5, 5.41) is 4.96. The number of ether oxygens (including phenoxy) is 3. The lowest BCUT2D eigenvalue weighted by Crippen LogP contribution is -2.30. The highest BCUT2D eigenvalue weighted by atomic mass is 32.2. The summed E-state index contributed by atoms with van der Waals surface area (Å²) in [6.45, 7) is 7.57. The standard InChI is InChI=1S/C35H37N3O4S2/c1-23(2)16-18-42-29-14-12-26(19-24(29)3)33-27(22-38(36-33)28-9-7-6-8-10-28)21-32-34(39)37(35(43)44-32)17-15-25-11-13-30(40-4)31(20-25)41-5/h6-14,19-23H,15-18H2,1-5H3/b32-21-. The first-order chi connectivity index (χ1) is 21.3. The molecule has 44 heavy (non-hydrogen) atoms. The summed E-state index contributed by atoms with van der Waals surface area (Å²) in [6.07, 6.45) is 5.49. The molecule has 5 rings (SSSR count). The topological polar surface area (TPSA) is 65.8 Å². The number of thiocarbonyl (C=S) groups is 1. The van der Waals surface area contributed by atoms with E-state index in [4.69, 9.17) is 31.5 Å².